The maximum absolute atomic E-state index is 9.34. The minimum Gasteiger partial charge on any atom is -0.208 e. The standard InChI is InChI=1S/C40H24N4/c41-25-26-16-18-29(19-17-26)38-42-39(30-22-20-28(21-23-30)33-15-7-10-27-8-1-3-11-32(27)33)44-40(43-38)37-24-31-9-2-4-12-34(31)35-13-5-6-14-36(35)37/h1-24H. The first-order valence-electron chi connectivity index (χ1n) is 14.5. The summed E-state index contributed by atoms with van der Waals surface area (Å²) < 4.78 is 0. The molecule has 1 aromatic heterocycles. The molecule has 0 aliphatic heterocycles. The van der Waals surface area contributed by atoms with E-state index in [4.69, 9.17) is 15.0 Å². The summed E-state index contributed by atoms with van der Waals surface area (Å²) in [5, 5.41) is 16.3. The van der Waals surface area contributed by atoms with Crippen LogP contribution in [0.4, 0.5) is 0 Å². The van der Waals surface area contributed by atoms with Gasteiger partial charge in [-0.2, -0.15) is 5.26 Å². The number of hydrogen-bond donors (Lipinski definition) is 0. The number of rotatable bonds is 4. The molecular weight excluding hydrogens is 536 g/mol. The SMILES string of the molecule is N#Cc1ccc(-c2nc(-c3ccc(-c4cccc5ccccc45)cc3)nc(-c3cc4ccccc4c4ccccc34)n2)cc1. The molecule has 0 atom stereocenters. The molecule has 8 rings (SSSR count). The van der Waals surface area contributed by atoms with Crippen molar-refractivity contribution in [2.75, 3.05) is 0 Å². The Morgan fingerprint density at radius 1 is 0.386 bits per heavy atom. The summed E-state index contributed by atoms with van der Waals surface area (Å²) in [7, 11) is 0. The molecule has 4 heteroatoms. The second kappa shape index (κ2) is 10.6. The number of nitrogens with zero attached hydrogens (tertiary/aromatic N) is 4. The Balaban J connectivity index is 1.31. The molecule has 0 unspecified atom stereocenters. The lowest BCUT2D eigenvalue weighted by molar-refractivity contribution is 1.08. The van der Waals surface area contributed by atoms with Crippen LogP contribution in [0, 0.1) is 11.3 Å². The summed E-state index contributed by atoms with van der Waals surface area (Å²) in [4.78, 5) is 15.0. The van der Waals surface area contributed by atoms with Gasteiger partial charge in [0.2, 0.25) is 0 Å². The van der Waals surface area contributed by atoms with Gasteiger partial charge in [0.25, 0.3) is 0 Å². The van der Waals surface area contributed by atoms with Crippen LogP contribution < -0.4 is 0 Å². The Labute approximate surface area is 254 Å². The van der Waals surface area contributed by atoms with Crippen molar-refractivity contribution in [3.8, 4) is 51.4 Å². The van der Waals surface area contributed by atoms with E-state index >= 15 is 0 Å². The summed E-state index contributed by atoms with van der Waals surface area (Å²) >= 11 is 0. The zero-order chi connectivity index (χ0) is 29.5. The predicted octanol–water partition coefficient (Wildman–Crippen LogP) is 9.87. The van der Waals surface area contributed by atoms with Gasteiger partial charge in [-0.05, 0) is 73.8 Å². The molecule has 0 aliphatic rings. The quantitative estimate of drug-likeness (QED) is 0.201. The second-order valence-corrected chi connectivity index (χ2v) is 10.8. The molecule has 4 nitrogen and oxygen atoms in total. The Morgan fingerprint density at radius 2 is 0.909 bits per heavy atom. The van der Waals surface area contributed by atoms with Gasteiger partial charge in [-0.1, -0.05) is 115 Å². The van der Waals surface area contributed by atoms with Gasteiger partial charge in [0.15, 0.2) is 17.5 Å². The van der Waals surface area contributed by atoms with Crippen molar-refractivity contribution < 1.29 is 0 Å². The lowest BCUT2D eigenvalue weighted by Gasteiger charge is -2.13. The lowest BCUT2D eigenvalue weighted by Crippen LogP contribution is -2.01. The van der Waals surface area contributed by atoms with Crippen molar-refractivity contribution in [2.24, 2.45) is 0 Å². The highest BCUT2D eigenvalue weighted by molar-refractivity contribution is 6.13. The van der Waals surface area contributed by atoms with E-state index < -0.39 is 0 Å². The first-order valence-corrected chi connectivity index (χ1v) is 14.5. The van der Waals surface area contributed by atoms with Crippen molar-refractivity contribution >= 4 is 32.3 Å². The highest BCUT2D eigenvalue weighted by atomic mass is 15.0. The fourth-order valence-electron chi connectivity index (χ4n) is 5.96. The van der Waals surface area contributed by atoms with Crippen molar-refractivity contribution in [1.29, 1.82) is 5.26 Å². The zero-order valence-electron chi connectivity index (χ0n) is 23.6. The number of aromatic nitrogens is 3. The molecule has 0 saturated heterocycles. The molecule has 204 valence electrons. The summed E-state index contributed by atoms with van der Waals surface area (Å²) in [6, 6.07) is 51.8. The minimum absolute atomic E-state index is 0.560. The van der Waals surface area contributed by atoms with E-state index in [-0.39, 0.29) is 0 Å². The molecule has 0 radical (unpaired) electrons. The zero-order valence-corrected chi connectivity index (χ0v) is 23.6. The van der Waals surface area contributed by atoms with Crippen LogP contribution in [-0.2, 0) is 0 Å². The molecule has 7 aromatic carbocycles. The van der Waals surface area contributed by atoms with Gasteiger partial charge in [-0.3, -0.25) is 0 Å². The third-order valence-electron chi connectivity index (χ3n) is 8.16. The van der Waals surface area contributed by atoms with Crippen LogP contribution >= 0.6 is 0 Å². The molecule has 0 amide bonds. The number of nitriles is 1. The maximum Gasteiger partial charge on any atom is 0.164 e. The Bertz CT molecular complexity index is 2380. The molecule has 0 bridgehead atoms. The summed E-state index contributed by atoms with van der Waals surface area (Å²) in [6.07, 6.45) is 0. The molecular formula is C40H24N4. The second-order valence-electron chi connectivity index (χ2n) is 10.8. The van der Waals surface area contributed by atoms with Gasteiger partial charge < -0.3 is 0 Å². The van der Waals surface area contributed by atoms with E-state index in [1.807, 2.05) is 12.1 Å². The Kier molecular flexibility index (Phi) is 6.14. The van der Waals surface area contributed by atoms with Gasteiger partial charge in [0.1, 0.15) is 0 Å². The minimum atomic E-state index is 0.560. The number of fused-ring (bicyclic) bond motifs is 4. The van der Waals surface area contributed by atoms with Crippen LogP contribution in [0.3, 0.4) is 0 Å². The van der Waals surface area contributed by atoms with Crippen molar-refractivity contribution in [3.63, 3.8) is 0 Å². The fourth-order valence-corrected chi connectivity index (χ4v) is 5.96. The molecule has 0 saturated carbocycles. The van der Waals surface area contributed by atoms with Crippen LogP contribution in [0.25, 0.3) is 77.6 Å². The number of hydrogen-bond acceptors (Lipinski definition) is 4. The monoisotopic (exact) mass is 560 g/mol. The van der Waals surface area contributed by atoms with E-state index in [2.05, 4.69) is 127 Å². The largest absolute Gasteiger partial charge is 0.208 e. The molecule has 8 aromatic rings. The maximum atomic E-state index is 9.34. The summed E-state index contributed by atoms with van der Waals surface area (Å²) in [6.45, 7) is 0. The number of benzene rings is 7. The summed E-state index contributed by atoms with van der Waals surface area (Å²) in [5.41, 5.74) is 5.58. The van der Waals surface area contributed by atoms with Crippen molar-refractivity contribution in [1.82, 2.24) is 15.0 Å². The molecule has 1 heterocycles. The smallest absolute Gasteiger partial charge is 0.164 e. The van der Waals surface area contributed by atoms with E-state index in [9.17, 15) is 5.26 Å². The van der Waals surface area contributed by atoms with Crippen LogP contribution in [0.2, 0.25) is 0 Å². The molecule has 44 heavy (non-hydrogen) atoms. The average molecular weight is 561 g/mol. The highest BCUT2D eigenvalue weighted by Crippen LogP contribution is 2.35. The first kappa shape index (κ1) is 25.5. The van der Waals surface area contributed by atoms with Crippen LogP contribution in [0.15, 0.2) is 146 Å². The van der Waals surface area contributed by atoms with Crippen LogP contribution in [0.5, 0.6) is 0 Å². The average Bonchev–Trinajstić information content (AvgIpc) is 3.11. The highest BCUT2D eigenvalue weighted by Gasteiger charge is 2.16. The van der Waals surface area contributed by atoms with Crippen LogP contribution in [-0.4, -0.2) is 15.0 Å². The Hall–Kier alpha value is -6.18. The fraction of sp³-hybridized carbons (Fsp3) is 0. The van der Waals surface area contributed by atoms with Gasteiger partial charge in [0, 0.05) is 16.7 Å². The summed E-state index contributed by atoms with van der Waals surface area (Å²) in [5.74, 6) is 1.76. The van der Waals surface area contributed by atoms with Crippen molar-refractivity contribution in [3.05, 3.63) is 151 Å². The molecule has 0 aliphatic carbocycles. The van der Waals surface area contributed by atoms with Gasteiger partial charge >= 0.3 is 0 Å². The molecule has 0 fully saturated rings. The van der Waals surface area contributed by atoms with Gasteiger partial charge in [-0.25, -0.2) is 15.0 Å². The Morgan fingerprint density at radius 3 is 1.61 bits per heavy atom. The van der Waals surface area contributed by atoms with E-state index in [1.165, 1.54) is 21.7 Å². The predicted molar refractivity (Wildman–Crippen MR) is 179 cm³/mol. The van der Waals surface area contributed by atoms with Crippen LogP contribution in [0.1, 0.15) is 5.56 Å². The van der Waals surface area contributed by atoms with E-state index in [0.29, 0.717) is 23.0 Å². The lowest BCUT2D eigenvalue weighted by atomic mass is 9.96. The molecule has 0 spiro atoms. The third-order valence-corrected chi connectivity index (χ3v) is 8.16. The van der Waals surface area contributed by atoms with E-state index in [1.54, 1.807) is 12.1 Å². The third kappa shape index (κ3) is 4.45. The van der Waals surface area contributed by atoms with Crippen molar-refractivity contribution in [2.45, 2.75) is 0 Å². The normalized spacial score (nSPS) is 11.2. The van der Waals surface area contributed by atoms with Gasteiger partial charge in [0.05, 0.1) is 11.6 Å². The van der Waals surface area contributed by atoms with Gasteiger partial charge in [-0.15, -0.1) is 0 Å². The topological polar surface area (TPSA) is 62.5 Å². The van der Waals surface area contributed by atoms with E-state index in [0.717, 1.165) is 38.4 Å². The molecule has 0 N–H and O–H groups in total. The first-order chi connectivity index (χ1) is 21.7.